The lowest BCUT2D eigenvalue weighted by atomic mass is 10.2. The second-order valence-corrected chi connectivity index (χ2v) is 6.15. The molecule has 9 heteroatoms. The fraction of sp³-hybridized carbons (Fsp3) is 0.250. The Hall–Kier alpha value is -1.05. The number of rotatable bonds is 3. The Labute approximate surface area is 133 Å². The number of benzene rings is 1. The predicted octanol–water partition coefficient (Wildman–Crippen LogP) is 4.89. The molecule has 0 bridgehead atoms. The normalized spacial score (nSPS) is 11.9. The minimum atomic E-state index is -4.52. The van der Waals surface area contributed by atoms with Gasteiger partial charge >= 0.3 is 6.18 Å². The van der Waals surface area contributed by atoms with Gasteiger partial charge in [0.1, 0.15) is 11.5 Å². The average molecular weight is 356 g/mol. The van der Waals surface area contributed by atoms with Gasteiger partial charge in [0.25, 0.3) is 0 Å². The Morgan fingerprint density at radius 3 is 2.33 bits per heavy atom. The zero-order valence-electron chi connectivity index (χ0n) is 10.7. The van der Waals surface area contributed by atoms with Gasteiger partial charge in [0.05, 0.1) is 26.7 Å². The van der Waals surface area contributed by atoms with Crippen LogP contribution in [-0.4, -0.2) is 15.5 Å². The van der Waals surface area contributed by atoms with Crippen LogP contribution in [-0.2, 0) is 6.18 Å². The van der Waals surface area contributed by atoms with E-state index in [9.17, 15) is 13.2 Å². The van der Waals surface area contributed by atoms with Crippen LogP contribution in [0.5, 0.6) is 0 Å². The largest absolute Gasteiger partial charge is 0.416 e. The van der Waals surface area contributed by atoms with Gasteiger partial charge in [-0.2, -0.15) is 18.3 Å². The first-order chi connectivity index (χ1) is 9.75. The molecule has 0 saturated heterocycles. The summed E-state index contributed by atoms with van der Waals surface area (Å²) in [6.07, 6.45) is -3.00. The van der Waals surface area contributed by atoms with Gasteiger partial charge in [0.15, 0.2) is 0 Å². The number of thioether (sulfide) groups is 1. The second-order valence-electron chi connectivity index (χ2n) is 4.03. The Kier molecular flexibility index (Phi) is 4.65. The van der Waals surface area contributed by atoms with Gasteiger partial charge in [-0.3, -0.25) is 0 Å². The van der Waals surface area contributed by atoms with Crippen LogP contribution in [0.4, 0.5) is 19.0 Å². The van der Waals surface area contributed by atoms with Crippen molar-refractivity contribution in [1.82, 2.24) is 9.78 Å². The fourth-order valence-corrected chi connectivity index (χ4v) is 3.03. The first-order valence-corrected chi connectivity index (χ1v) is 7.52. The number of hydrogen-bond acceptors (Lipinski definition) is 3. The van der Waals surface area contributed by atoms with Gasteiger partial charge in [0.2, 0.25) is 0 Å². The van der Waals surface area contributed by atoms with E-state index in [1.807, 2.05) is 6.92 Å². The van der Waals surface area contributed by atoms with Crippen LogP contribution in [0.15, 0.2) is 23.2 Å². The van der Waals surface area contributed by atoms with Gasteiger partial charge in [-0.1, -0.05) is 30.1 Å². The molecule has 2 N–H and O–H groups in total. The predicted molar refractivity (Wildman–Crippen MR) is 79.4 cm³/mol. The Balaban J connectivity index is 2.55. The molecule has 2 aromatic rings. The highest BCUT2D eigenvalue weighted by atomic mass is 35.5. The van der Waals surface area contributed by atoms with Crippen molar-refractivity contribution in [2.75, 3.05) is 11.5 Å². The van der Waals surface area contributed by atoms with Crippen LogP contribution in [0, 0.1) is 0 Å². The zero-order valence-corrected chi connectivity index (χ0v) is 13.0. The quantitative estimate of drug-likeness (QED) is 0.797. The molecule has 0 saturated carbocycles. The minimum absolute atomic E-state index is 0.131. The van der Waals surface area contributed by atoms with E-state index >= 15 is 0 Å². The van der Waals surface area contributed by atoms with Crippen molar-refractivity contribution in [3.05, 3.63) is 33.9 Å². The summed E-state index contributed by atoms with van der Waals surface area (Å²) in [5.41, 5.74) is 5.13. The molecular weight excluding hydrogens is 346 g/mol. The smallest absolute Gasteiger partial charge is 0.383 e. The fourth-order valence-electron chi connectivity index (χ4n) is 1.72. The lowest BCUT2D eigenvalue weighted by Gasteiger charge is -2.13. The number of aromatic nitrogens is 2. The van der Waals surface area contributed by atoms with Gasteiger partial charge in [-0.15, -0.1) is 11.8 Å². The summed E-state index contributed by atoms with van der Waals surface area (Å²) in [5.74, 6) is 1.06. The Morgan fingerprint density at radius 2 is 1.86 bits per heavy atom. The van der Waals surface area contributed by atoms with Gasteiger partial charge < -0.3 is 5.73 Å². The maximum atomic E-state index is 12.7. The Morgan fingerprint density at radius 1 is 1.29 bits per heavy atom. The number of nitrogens with zero attached hydrogens (tertiary/aromatic N) is 2. The van der Waals surface area contributed by atoms with Crippen LogP contribution in [0.3, 0.4) is 0 Å². The molecule has 1 heterocycles. The molecule has 3 nitrogen and oxygen atoms in total. The van der Waals surface area contributed by atoms with Crippen molar-refractivity contribution in [1.29, 1.82) is 0 Å². The maximum Gasteiger partial charge on any atom is 0.416 e. The van der Waals surface area contributed by atoms with E-state index in [-0.39, 0.29) is 21.6 Å². The average Bonchev–Trinajstić information content (AvgIpc) is 2.70. The summed E-state index contributed by atoms with van der Waals surface area (Å²) in [5, 5.41) is 3.70. The van der Waals surface area contributed by atoms with E-state index in [2.05, 4.69) is 5.10 Å². The van der Waals surface area contributed by atoms with Crippen molar-refractivity contribution >= 4 is 40.8 Å². The highest BCUT2D eigenvalue weighted by Crippen LogP contribution is 2.39. The third kappa shape index (κ3) is 3.25. The first-order valence-electron chi connectivity index (χ1n) is 5.78. The molecule has 0 unspecified atom stereocenters. The summed E-state index contributed by atoms with van der Waals surface area (Å²) in [6.45, 7) is 1.94. The summed E-state index contributed by atoms with van der Waals surface area (Å²) >= 11 is 13.3. The summed E-state index contributed by atoms with van der Waals surface area (Å²) < 4.78 is 39.3. The number of hydrogen-bond donors (Lipinski definition) is 1. The van der Waals surface area contributed by atoms with Crippen LogP contribution >= 0.6 is 35.0 Å². The third-order valence-electron chi connectivity index (χ3n) is 2.63. The molecule has 114 valence electrons. The first kappa shape index (κ1) is 16.3. The number of anilines is 1. The lowest BCUT2D eigenvalue weighted by Crippen LogP contribution is -2.08. The molecule has 21 heavy (non-hydrogen) atoms. The number of nitrogen functional groups attached to an aromatic ring is 1. The van der Waals surface area contributed by atoms with Crippen molar-refractivity contribution in [3.8, 4) is 5.69 Å². The summed E-state index contributed by atoms with van der Waals surface area (Å²) in [7, 11) is 0. The topological polar surface area (TPSA) is 43.8 Å². The number of nitrogens with two attached hydrogens (primary N) is 1. The van der Waals surface area contributed by atoms with Crippen molar-refractivity contribution in [2.24, 2.45) is 0 Å². The maximum absolute atomic E-state index is 12.7. The SMILES string of the molecule is CCSc1cnn(-c2c(Cl)cc(C(F)(F)F)cc2Cl)c1N. The molecule has 0 aliphatic rings. The van der Waals surface area contributed by atoms with Crippen molar-refractivity contribution < 1.29 is 13.2 Å². The van der Waals surface area contributed by atoms with Gasteiger partial charge in [-0.25, -0.2) is 4.68 Å². The van der Waals surface area contributed by atoms with Crippen LogP contribution in [0.2, 0.25) is 10.0 Å². The minimum Gasteiger partial charge on any atom is -0.383 e. The molecule has 1 aromatic heterocycles. The van der Waals surface area contributed by atoms with E-state index in [0.29, 0.717) is 4.90 Å². The van der Waals surface area contributed by atoms with E-state index in [4.69, 9.17) is 28.9 Å². The monoisotopic (exact) mass is 355 g/mol. The van der Waals surface area contributed by atoms with E-state index in [1.165, 1.54) is 22.6 Å². The molecule has 1 aromatic carbocycles. The van der Waals surface area contributed by atoms with E-state index in [0.717, 1.165) is 17.9 Å². The molecule has 0 atom stereocenters. The lowest BCUT2D eigenvalue weighted by molar-refractivity contribution is -0.137. The molecule has 0 fully saturated rings. The highest BCUT2D eigenvalue weighted by molar-refractivity contribution is 7.99. The van der Waals surface area contributed by atoms with Crippen molar-refractivity contribution in [3.63, 3.8) is 0 Å². The molecule has 2 rings (SSSR count). The standard InChI is InChI=1S/C12H10Cl2F3N3S/c1-2-21-9-5-19-20(11(9)18)10-7(13)3-6(4-8(10)14)12(15,16)17/h3-5H,2,18H2,1H3. The van der Waals surface area contributed by atoms with Gasteiger partial charge in [0, 0.05) is 0 Å². The second kappa shape index (κ2) is 5.98. The molecule has 0 spiro atoms. The summed E-state index contributed by atoms with van der Waals surface area (Å²) in [4.78, 5) is 0.713. The highest BCUT2D eigenvalue weighted by Gasteiger charge is 2.32. The van der Waals surface area contributed by atoms with E-state index in [1.54, 1.807) is 0 Å². The van der Waals surface area contributed by atoms with Crippen LogP contribution < -0.4 is 5.73 Å². The zero-order chi connectivity index (χ0) is 15.8. The van der Waals surface area contributed by atoms with Crippen LogP contribution in [0.1, 0.15) is 12.5 Å². The van der Waals surface area contributed by atoms with E-state index < -0.39 is 11.7 Å². The molecule has 0 amide bonds. The summed E-state index contributed by atoms with van der Waals surface area (Å²) in [6, 6.07) is 1.60. The van der Waals surface area contributed by atoms with Crippen molar-refractivity contribution in [2.45, 2.75) is 18.0 Å². The molecule has 0 aliphatic carbocycles. The van der Waals surface area contributed by atoms with Gasteiger partial charge in [-0.05, 0) is 17.9 Å². The third-order valence-corrected chi connectivity index (χ3v) is 4.12. The van der Waals surface area contributed by atoms with Crippen LogP contribution in [0.25, 0.3) is 5.69 Å². The number of alkyl halides is 3. The molecular formula is C12H10Cl2F3N3S. The molecule has 0 aliphatic heterocycles. The Bertz CT molecular complexity index is 647. The molecule has 0 radical (unpaired) electrons. The number of halogens is 5.